The Labute approximate surface area is 128 Å². The number of hydrogen-bond acceptors (Lipinski definition) is 4. The van der Waals surface area contributed by atoms with Gasteiger partial charge >= 0.3 is 6.09 Å². The number of alkyl carbamates (subject to hydrolysis) is 1. The normalized spacial score (nSPS) is 12.1. The van der Waals surface area contributed by atoms with Crippen molar-refractivity contribution in [2.24, 2.45) is 5.41 Å². The van der Waals surface area contributed by atoms with Crippen LogP contribution in [-0.4, -0.2) is 44.8 Å². The minimum Gasteiger partial charge on any atom is -0.444 e. The van der Waals surface area contributed by atoms with E-state index >= 15 is 0 Å². The van der Waals surface area contributed by atoms with Crippen molar-refractivity contribution in [2.45, 2.75) is 53.2 Å². The summed E-state index contributed by atoms with van der Waals surface area (Å²) in [6, 6.07) is 2.85. The molecule has 0 aromatic heterocycles. The fraction of sp³-hybridized carbons (Fsp3) is 0.800. The Hall–Kier alpha value is -1.61. The Morgan fingerprint density at radius 3 is 2.24 bits per heavy atom. The number of carbonyl (C=O) groups excluding carboxylic acids is 2. The predicted molar refractivity (Wildman–Crippen MR) is 83.7 cm³/mol. The molecule has 0 spiro atoms. The monoisotopic (exact) mass is 301 g/mol. The van der Waals surface area contributed by atoms with Crippen LogP contribution in [0, 0.1) is 11.5 Å². The minimum atomic E-state index is -0.487. The molecule has 122 valence electrons. The summed E-state index contributed by atoms with van der Waals surface area (Å²) in [6.45, 7) is 14.3. The van der Waals surface area contributed by atoms with Gasteiger partial charge in [0.05, 0.1) is 19.3 Å². The Morgan fingerprint density at radius 1 is 1.29 bits per heavy atom. The molecule has 0 bridgehead atoms. The van der Waals surface area contributed by atoms with Crippen LogP contribution in [0.3, 0.4) is 0 Å². The summed E-state index contributed by atoms with van der Waals surface area (Å²) in [7, 11) is 1.69. The van der Waals surface area contributed by atoms with E-state index in [1.165, 1.54) is 0 Å². The van der Waals surface area contributed by atoms with Crippen LogP contribution < -0.4 is 5.32 Å². The van der Waals surface area contributed by atoms with Gasteiger partial charge in [-0.15, -0.1) is 0 Å². The van der Waals surface area contributed by atoms with Crippen LogP contribution in [0.25, 0.3) is 4.85 Å². The smallest absolute Gasteiger partial charge is 0.407 e. The number of hydrogen-bond donors (Lipinski definition) is 1. The van der Waals surface area contributed by atoms with E-state index in [9.17, 15) is 4.79 Å². The van der Waals surface area contributed by atoms with Crippen LogP contribution >= 0.6 is 0 Å². The fourth-order valence-corrected chi connectivity index (χ4v) is 1.38. The lowest BCUT2D eigenvalue weighted by molar-refractivity contribution is -0.0980. The van der Waals surface area contributed by atoms with Crippen molar-refractivity contribution in [2.75, 3.05) is 20.3 Å². The van der Waals surface area contributed by atoms with Crippen molar-refractivity contribution in [3.05, 3.63) is 4.85 Å². The third kappa shape index (κ3) is 14.6. The molecule has 1 N–H and O–H groups in total. The standard InChI is InChI=1S/C14H26N2O3.CH2O/c1-11(16-12(17)19-13(2,3)4)8-18-10-14(5,6)9-15-7;1-2/h11H,8,10H2,1-7H3;1H2/p+1. The first kappa shape index (κ1) is 21.7. The predicted octanol–water partition coefficient (Wildman–Crippen LogP) is 2.72. The Kier molecular flexibility index (Phi) is 10.5. The van der Waals surface area contributed by atoms with Gasteiger partial charge in [-0.2, -0.15) is 0 Å². The van der Waals surface area contributed by atoms with Crippen LogP contribution in [0.1, 0.15) is 41.5 Å². The zero-order valence-corrected chi connectivity index (χ0v) is 14.3. The van der Waals surface area contributed by atoms with Gasteiger partial charge in [0, 0.05) is 0 Å². The zero-order valence-electron chi connectivity index (χ0n) is 14.3. The van der Waals surface area contributed by atoms with Gasteiger partial charge in [0.15, 0.2) is 0 Å². The lowest BCUT2D eigenvalue weighted by atomic mass is 9.97. The molecule has 0 saturated carbocycles. The number of carbonyl (C=O) groups is 2. The van der Waals surface area contributed by atoms with Crippen LogP contribution in [0.2, 0.25) is 0 Å². The quantitative estimate of drug-likeness (QED) is 0.847. The summed E-state index contributed by atoms with van der Waals surface area (Å²) in [5.74, 6) is 0. The van der Waals surface area contributed by atoms with Gasteiger partial charge in [-0.1, -0.05) is 4.85 Å². The Bertz CT molecular complexity index is 364. The second-order valence-corrected chi connectivity index (χ2v) is 6.28. The lowest BCUT2D eigenvalue weighted by Gasteiger charge is -2.22. The third-order valence-electron chi connectivity index (χ3n) is 2.01. The molecule has 0 aromatic rings. The van der Waals surface area contributed by atoms with Gasteiger partial charge in [-0.25, -0.2) is 4.79 Å². The minimum absolute atomic E-state index is 0.107. The van der Waals surface area contributed by atoms with Gasteiger partial charge in [0.2, 0.25) is 0 Å². The highest BCUT2D eigenvalue weighted by molar-refractivity contribution is 5.68. The maximum absolute atomic E-state index is 11.5. The summed E-state index contributed by atoms with van der Waals surface area (Å²) in [5, 5.41) is 2.72. The summed E-state index contributed by atoms with van der Waals surface area (Å²) in [6.07, 6.45) is -0.426. The SMILES string of the molecule is C=O.C[N+]#CC(C)(C)COCC(C)NC(=O)OC(C)(C)C. The molecule has 6 nitrogen and oxygen atoms in total. The Morgan fingerprint density at radius 2 is 1.81 bits per heavy atom. The molecule has 0 rings (SSSR count). The van der Waals surface area contributed by atoms with Crippen molar-refractivity contribution in [3.63, 3.8) is 0 Å². The van der Waals surface area contributed by atoms with E-state index in [1.54, 1.807) is 7.05 Å². The first-order valence-electron chi connectivity index (χ1n) is 6.78. The molecule has 0 radical (unpaired) electrons. The van der Waals surface area contributed by atoms with E-state index < -0.39 is 11.7 Å². The van der Waals surface area contributed by atoms with Gasteiger partial charge < -0.3 is 19.6 Å². The average Bonchev–Trinajstić information content (AvgIpc) is 2.28. The highest BCUT2D eigenvalue weighted by Gasteiger charge is 2.23. The van der Waals surface area contributed by atoms with Gasteiger partial charge in [-0.05, 0) is 41.5 Å². The summed E-state index contributed by atoms with van der Waals surface area (Å²) < 4.78 is 10.7. The molecule has 0 aliphatic heterocycles. The molecule has 0 heterocycles. The van der Waals surface area contributed by atoms with E-state index in [4.69, 9.17) is 14.3 Å². The van der Waals surface area contributed by atoms with E-state index in [0.717, 1.165) is 0 Å². The van der Waals surface area contributed by atoms with E-state index in [1.807, 2.05) is 48.3 Å². The molecule has 1 unspecified atom stereocenters. The molecule has 1 amide bonds. The van der Waals surface area contributed by atoms with Crippen molar-refractivity contribution in [1.29, 1.82) is 0 Å². The van der Waals surface area contributed by atoms with Gasteiger partial charge in [-0.3, -0.25) is 0 Å². The van der Waals surface area contributed by atoms with Crippen molar-refractivity contribution in [3.8, 4) is 6.07 Å². The lowest BCUT2D eigenvalue weighted by Crippen LogP contribution is -2.40. The molecule has 0 aliphatic rings. The molecular formula is C15H29N2O4+. The number of amides is 1. The van der Waals surface area contributed by atoms with E-state index in [0.29, 0.717) is 13.2 Å². The maximum Gasteiger partial charge on any atom is 0.407 e. The van der Waals surface area contributed by atoms with Gasteiger partial charge in [0.25, 0.3) is 13.1 Å². The number of rotatable bonds is 5. The first-order valence-corrected chi connectivity index (χ1v) is 6.78. The second kappa shape index (κ2) is 10.2. The van der Waals surface area contributed by atoms with Crippen molar-refractivity contribution in [1.82, 2.24) is 5.32 Å². The number of nitrogens with zero attached hydrogens (tertiary/aromatic N) is 1. The number of ether oxygens (including phenoxy) is 2. The number of nitrogens with one attached hydrogen (secondary N) is 1. The van der Waals surface area contributed by atoms with Crippen LogP contribution in [0.15, 0.2) is 0 Å². The molecular weight excluding hydrogens is 272 g/mol. The van der Waals surface area contributed by atoms with Crippen molar-refractivity contribution < 1.29 is 19.1 Å². The van der Waals surface area contributed by atoms with Crippen LogP contribution in [0.5, 0.6) is 0 Å². The average molecular weight is 301 g/mol. The molecule has 6 heteroatoms. The Balaban J connectivity index is 0. The van der Waals surface area contributed by atoms with Crippen LogP contribution in [-0.2, 0) is 14.3 Å². The molecule has 0 saturated heterocycles. The molecule has 1 atom stereocenters. The largest absolute Gasteiger partial charge is 0.444 e. The van der Waals surface area contributed by atoms with Crippen LogP contribution in [0.4, 0.5) is 4.79 Å². The highest BCUT2D eigenvalue weighted by Crippen LogP contribution is 2.14. The van der Waals surface area contributed by atoms with Crippen molar-refractivity contribution >= 4 is 12.9 Å². The van der Waals surface area contributed by atoms with Gasteiger partial charge in [0.1, 0.15) is 17.8 Å². The highest BCUT2D eigenvalue weighted by atomic mass is 16.6. The first-order chi connectivity index (χ1) is 9.56. The summed E-state index contributed by atoms with van der Waals surface area (Å²) in [4.78, 5) is 23.4. The van der Waals surface area contributed by atoms with E-state index in [-0.39, 0.29) is 11.5 Å². The molecule has 0 aromatic carbocycles. The summed E-state index contributed by atoms with van der Waals surface area (Å²) >= 11 is 0. The fourth-order valence-electron chi connectivity index (χ4n) is 1.38. The molecule has 0 aliphatic carbocycles. The summed E-state index contributed by atoms with van der Waals surface area (Å²) in [5.41, 5.74) is -0.709. The zero-order chi connectivity index (χ0) is 17.1. The third-order valence-corrected chi connectivity index (χ3v) is 2.01. The molecule has 0 fully saturated rings. The maximum atomic E-state index is 11.5. The second-order valence-electron chi connectivity index (χ2n) is 6.28. The topological polar surface area (TPSA) is 69.0 Å². The molecule has 21 heavy (non-hydrogen) atoms. The van der Waals surface area contributed by atoms with E-state index in [2.05, 4.69) is 16.2 Å².